The molecule has 2 heterocycles. The van der Waals surface area contributed by atoms with E-state index < -0.39 is 0 Å². The Kier molecular flexibility index (Phi) is 7.68. The molecule has 170 valence electrons. The van der Waals surface area contributed by atoms with Crippen molar-refractivity contribution in [3.05, 3.63) is 24.3 Å². The van der Waals surface area contributed by atoms with Gasteiger partial charge in [0, 0.05) is 25.2 Å². The van der Waals surface area contributed by atoms with Crippen molar-refractivity contribution in [1.29, 1.82) is 0 Å². The molecule has 0 N–H and O–H groups in total. The molecule has 2 aromatic rings. The van der Waals surface area contributed by atoms with Crippen molar-refractivity contribution in [2.45, 2.75) is 71.7 Å². The molecule has 31 heavy (non-hydrogen) atoms. The molecule has 0 bridgehead atoms. The second-order valence-electron chi connectivity index (χ2n) is 9.49. The van der Waals surface area contributed by atoms with Gasteiger partial charge in [0.1, 0.15) is 6.54 Å². The lowest BCUT2D eigenvalue weighted by atomic mass is 9.92. The minimum Gasteiger partial charge on any atom is -0.341 e. The summed E-state index contributed by atoms with van der Waals surface area (Å²) in [6.45, 7) is 14.5. The summed E-state index contributed by atoms with van der Waals surface area (Å²) in [6, 6.07) is 8.18. The predicted octanol–water partition coefficient (Wildman–Crippen LogP) is 4.28. The third-order valence-corrected chi connectivity index (χ3v) is 6.82. The highest BCUT2D eigenvalue weighted by Gasteiger charge is 2.27. The molecule has 6 nitrogen and oxygen atoms in total. The van der Waals surface area contributed by atoms with Crippen LogP contribution in [0.2, 0.25) is 0 Å². The van der Waals surface area contributed by atoms with E-state index in [0.29, 0.717) is 17.6 Å². The van der Waals surface area contributed by atoms with Crippen LogP contribution in [0.1, 0.15) is 48.0 Å². The molecule has 0 saturated carbocycles. The number of hydrogen-bond donors (Lipinski definition) is 0. The molecule has 0 spiro atoms. The number of nitrogens with zero attached hydrogens (tertiary/aromatic N) is 4. The predicted molar refractivity (Wildman–Crippen MR) is 127 cm³/mol. The summed E-state index contributed by atoms with van der Waals surface area (Å²) in [6.07, 6.45) is 1.17. The molecular weight excluding hydrogens is 408 g/mol. The van der Waals surface area contributed by atoms with Gasteiger partial charge < -0.3 is 14.4 Å². The number of imidazole rings is 1. The molecule has 1 aromatic heterocycles. The van der Waals surface area contributed by atoms with Gasteiger partial charge in [-0.3, -0.25) is 9.59 Å². The Morgan fingerprint density at radius 2 is 1.71 bits per heavy atom. The third-order valence-electron chi connectivity index (χ3n) is 5.86. The molecule has 1 saturated heterocycles. The summed E-state index contributed by atoms with van der Waals surface area (Å²) in [5.74, 6) is 1.58. The van der Waals surface area contributed by atoms with Gasteiger partial charge in [-0.25, -0.2) is 4.98 Å². The van der Waals surface area contributed by atoms with E-state index >= 15 is 0 Å². The SMILES string of the molecule is CC(C)N(C(=O)CSc1nc2ccccc2n1CC(=O)N1C[C@@H](C)C[C@H](C)C1)C(C)C. The second-order valence-corrected chi connectivity index (χ2v) is 10.4. The fraction of sp³-hybridized carbons (Fsp3) is 0.625. The second kappa shape index (κ2) is 10.1. The smallest absolute Gasteiger partial charge is 0.242 e. The van der Waals surface area contributed by atoms with Gasteiger partial charge in [-0.05, 0) is 58.1 Å². The van der Waals surface area contributed by atoms with Crippen molar-refractivity contribution in [3.8, 4) is 0 Å². The van der Waals surface area contributed by atoms with Gasteiger partial charge in [-0.2, -0.15) is 0 Å². The minimum atomic E-state index is 0.0959. The van der Waals surface area contributed by atoms with E-state index in [2.05, 4.69) is 13.8 Å². The van der Waals surface area contributed by atoms with Crippen LogP contribution in [0.3, 0.4) is 0 Å². The fourth-order valence-electron chi connectivity index (χ4n) is 4.79. The summed E-state index contributed by atoms with van der Waals surface area (Å²) >= 11 is 1.42. The number of aromatic nitrogens is 2. The third kappa shape index (κ3) is 5.62. The van der Waals surface area contributed by atoms with Crippen LogP contribution in [0.25, 0.3) is 11.0 Å². The molecule has 3 rings (SSSR count). The maximum absolute atomic E-state index is 13.2. The number of carbonyl (C=O) groups is 2. The van der Waals surface area contributed by atoms with Gasteiger partial charge in [-0.1, -0.05) is 37.7 Å². The van der Waals surface area contributed by atoms with Crippen LogP contribution in [0.5, 0.6) is 0 Å². The van der Waals surface area contributed by atoms with Crippen LogP contribution in [0, 0.1) is 11.8 Å². The summed E-state index contributed by atoms with van der Waals surface area (Å²) in [5.41, 5.74) is 1.80. The highest BCUT2D eigenvalue weighted by Crippen LogP contribution is 2.26. The van der Waals surface area contributed by atoms with Gasteiger partial charge in [0.25, 0.3) is 0 Å². The van der Waals surface area contributed by atoms with E-state index in [1.165, 1.54) is 18.2 Å². The summed E-state index contributed by atoms with van der Waals surface area (Å²) in [4.78, 5) is 34.7. The van der Waals surface area contributed by atoms with E-state index in [-0.39, 0.29) is 30.4 Å². The van der Waals surface area contributed by atoms with Gasteiger partial charge >= 0.3 is 0 Å². The Morgan fingerprint density at radius 1 is 1.10 bits per heavy atom. The van der Waals surface area contributed by atoms with E-state index in [4.69, 9.17) is 4.98 Å². The van der Waals surface area contributed by atoms with Crippen molar-refractivity contribution in [1.82, 2.24) is 19.4 Å². The number of fused-ring (bicyclic) bond motifs is 1. The van der Waals surface area contributed by atoms with E-state index in [9.17, 15) is 9.59 Å². The van der Waals surface area contributed by atoms with Crippen LogP contribution in [0.4, 0.5) is 0 Å². The van der Waals surface area contributed by atoms with E-state index in [1.807, 2.05) is 66.3 Å². The largest absolute Gasteiger partial charge is 0.341 e. The van der Waals surface area contributed by atoms with Crippen molar-refractivity contribution in [2.24, 2.45) is 11.8 Å². The number of hydrogen-bond acceptors (Lipinski definition) is 4. The Hall–Kier alpha value is -2.02. The number of benzene rings is 1. The van der Waals surface area contributed by atoms with Gasteiger partial charge in [0.2, 0.25) is 11.8 Å². The van der Waals surface area contributed by atoms with Crippen LogP contribution in [-0.2, 0) is 16.1 Å². The first-order valence-electron chi connectivity index (χ1n) is 11.3. The Bertz CT molecular complexity index is 905. The zero-order valence-electron chi connectivity index (χ0n) is 19.7. The topological polar surface area (TPSA) is 58.4 Å². The van der Waals surface area contributed by atoms with E-state index in [1.54, 1.807) is 0 Å². The van der Waals surface area contributed by atoms with Gasteiger partial charge in [0.05, 0.1) is 16.8 Å². The molecule has 7 heteroatoms. The lowest BCUT2D eigenvalue weighted by molar-refractivity contribution is -0.134. The number of thioether (sulfide) groups is 1. The molecule has 1 aromatic carbocycles. The molecular formula is C24H36N4O2S. The summed E-state index contributed by atoms with van der Waals surface area (Å²) in [7, 11) is 0. The minimum absolute atomic E-state index is 0.0959. The molecule has 0 aliphatic carbocycles. The highest BCUT2D eigenvalue weighted by molar-refractivity contribution is 7.99. The maximum Gasteiger partial charge on any atom is 0.242 e. The fourth-order valence-corrected chi connectivity index (χ4v) is 5.67. The Balaban J connectivity index is 1.80. The molecule has 1 fully saturated rings. The molecule has 2 atom stereocenters. The number of para-hydroxylation sites is 2. The van der Waals surface area contributed by atoms with Crippen LogP contribution >= 0.6 is 11.8 Å². The summed E-state index contributed by atoms with van der Waals surface area (Å²) < 4.78 is 1.98. The lowest BCUT2D eigenvalue weighted by Gasteiger charge is -2.35. The van der Waals surface area contributed by atoms with E-state index in [0.717, 1.165) is 29.3 Å². The molecule has 1 aliphatic heterocycles. The first-order chi connectivity index (χ1) is 14.7. The average Bonchev–Trinajstić information content (AvgIpc) is 3.02. The number of likely N-dealkylation sites (tertiary alicyclic amines) is 1. The zero-order valence-corrected chi connectivity index (χ0v) is 20.5. The molecule has 2 amide bonds. The van der Waals surface area contributed by atoms with Crippen LogP contribution < -0.4 is 0 Å². The number of amides is 2. The quantitative estimate of drug-likeness (QED) is 0.598. The first-order valence-corrected chi connectivity index (χ1v) is 12.3. The standard InChI is InChI=1S/C24H36N4O2S/c1-16(2)28(17(3)4)23(30)15-31-24-25-20-9-7-8-10-21(20)27(24)14-22(29)26-12-18(5)11-19(6)13-26/h7-10,16-19H,11-15H2,1-6H3/t18-,19-/m0/s1. The van der Waals surface area contributed by atoms with Crippen LogP contribution in [0.15, 0.2) is 29.4 Å². The van der Waals surface area contributed by atoms with Crippen molar-refractivity contribution >= 4 is 34.6 Å². The number of carbonyl (C=O) groups excluding carboxylic acids is 2. The number of piperidine rings is 1. The summed E-state index contributed by atoms with van der Waals surface area (Å²) in [5, 5.41) is 0.730. The maximum atomic E-state index is 13.2. The highest BCUT2D eigenvalue weighted by atomic mass is 32.2. The van der Waals surface area contributed by atoms with Crippen molar-refractivity contribution < 1.29 is 9.59 Å². The number of rotatable bonds is 7. The molecule has 0 unspecified atom stereocenters. The monoisotopic (exact) mass is 444 g/mol. The Morgan fingerprint density at radius 3 is 2.32 bits per heavy atom. The van der Waals surface area contributed by atoms with Gasteiger partial charge in [-0.15, -0.1) is 0 Å². The molecule has 1 aliphatic rings. The average molecular weight is 445 g/mol. The van der Waals surface area contributed by atoms with Crippen LogP contribution in [-0.4, -0.2) is 62.1 Å². The Labute approximate surface area is 190 Å². The lowest BCUT2D eigenvalue weighted by Crippen LogP contribution is -2.44. The first kappa shape index (κ1) is 23.6. The zero-order chi connectivity index (χ0) is 22.7. The molecule has 0 radical (unpaired) electrons. The van der Waals surface area contributed by atoms with Crippen molar-refractivity contribution in [3.63, 3.8) is 0 Å². The normalized spacial score (nSPS) is 19.4. The van der Waals surface area contributed by atoms with Gasteiger partial charge in [0.15, 0.2) is 5.16 Å². The van der Waals surface area contributed by atoms with Crippen molar-refractivity contribution in [2.75, 3.05) is 18.8 Å².